The second-order valence-electron chi connectivity index (χ2n) is 4.48. The molecular formula is C13H27FN2O. The zero-order valence-corrected chi connectivity index (χ0v) is 11.4. The van der Waals surface area contributed by atoms with Crippen molar-refractivity contribution in [2.75, 3.05) is 32.8 Å². The van der Waals surface area contributed by atoms with Crippen LogP contribution in [0, 0.1) is 0 Å². The van der Waals surface area contributed by atoms with Crippen molar-refractivity contribution in [3.8, 4) is 0 Å². The Kier molecular flexibility index (Phi) is 7.00. The zero-order chi connectivity index (χ0) is 12.7. The van der Waals surface area contributed by atoms with Crippen molar-refractivity contribution in [1.29, 1.82) is 0 Å². The molecule has 2 aliphatic heterocycles. The third-order valence-electron chi connectivity index (χ3n) is 3.46. The summed E-state index contributed by atoms with van der Waals surface area (Å²) in [7, 11) is 0. The summed E-state index contributed by atoms with van der Waals surface area (Å²) in [6.07, 6.45) is 1.27. The summed E-state index contributed by atoms with van der Waals surface area (Å²) in [4.78, 5) is 2.26. The van der Waals surface area contributed by atoms with Crippen LogP contribution in [0.3, 0.4) is 0 Å². The lowest BCUT2D eigenvalue weighted by Gasteiger charge is -2.37. The van der Waals surface area contributed by atoms with Gasteiger partial charge in [0.15, 0.2) is 0 Å². The van der Waals surface area contributed by atoms with Crippen LogP contribution in [0.1, 0.15) is 33.6 Å². The molecule has 0 aromatic heterocycles. The number of likely N-dealkylation sites (tertiary alicyclic amines) is 1. The van der Waals surface area contributed by atoms with Gasteiger partial charge in [-0.3, -0.25) is 4.90 Å². The van der Waals surface area contributed by atoms with Gasteiger partial charge in [-0.25, -0.2) is 4.39 Å². The minimum absolute atomic E-state index is 0.0635. The second-order valence-corrected chi connectivity index (χ2v) is 4.48. The van der Waals surface area contributed by atoms with Crippen LogP contribution < -0.4 is 5.32 Å². The van der Waals surface area contributed by atoms with E-state index in [1.807, 2.05) is 20.8 Å². The van der Waals surface area contributed by atoms with Gasteiger partial charge in [0.05, 0.1) is 6.61 Å². The highest BCUT2D eigenvalue weighted by Gasteiger charge is 2.33. The number of rotatable bonds is 3. The van der Waals surface area contributed by atoms with E-state index < -0.39 is 6.17 Å². The van der Waals surface area contributed by atoms with E-state index in [0.717, 1.165) is 39.1 Å². The lowest BCUT2D eigenvalue weighted by atomic mass is 10.0. The molecule has 2 heterocycles. The standard InChI is InChI=1S/C11H21FN2O.C2H6/c1-2-13-11-3-5-14(7-10(11)12)9-4-6-15-8-9;1-2/h9-11,13H,2-8H2,1H3;1-2H3. The Morgan fingerprint density at radius 2 is 2.12 bits per heavy atom. The first-order valence-electron chi connectivity index (χ1n) is 7.00. The Bertz CT molecular complexity index is 198. The number of hydrogen-bond donors (Lipinski definition) is 1. The van der Waals surface area contributed by atoms with Crippen LogP contribution in [0.2, 0.25) is 0 Å². The molecule has 4 heteroatoms. The molecule has 17 heavy (non-hydrogen) atoms. The van der Waals surface area contributed by atoms with Crippen molar-refractivity contribution >= 4 is 0 Å². The molecule has 3 unspecified atom stereocenters. The maximum atomic E-state index is 13.8. The fourth-order valence-corrected chi connectivity index (χ4v) is 2.56. The third kappa shape index (κ3) is 4.19. The number of nitrogens with one attached hydrogen (secondary N) is 1. The largest absolute Gasteiger partial charge is 0.380 e. The summed E-state index contributed by atoms with van der Waals surface area (Å²) >= 11 is 0. The van der Waals surface area contributed by atoms with E-state index in [9.17, 15) is 4.39 Å². The summed E-state index contributed by atoms with van der Waals surface area (Å²) in [5.41, 5.74) is 0. The van der Waals surface area contributed by atoms with Crippen LogP contribution in [0.15, 0.2) is 0 Å². The van der Waals surface area contributed by atoms with Gasteiger partial charge in [0.25, 0.3) is 0 Å². The lowest BCUT2D eigenvalue weighted by Crippen LogP contribution is -2.53. The monoisotopic (exact) mass is 246 g/mol. The molecule has 0 saturated carbocycles. The molecule has 0 aromatic carbocycles. The maximum absolute atomic E-state index is 13.8. The minimum Gasteiger partial charge on any atom is -0.380 e. The first-order chi connectivity index (χ1) is 8.31. The summed E-state index contributed by atoms with van der Waals surface area (Å²) in [6.45, 7) is 10.1. The normalized spacial score (nSPS) is 34.2. The predicted octanol–water partition coefficient (Wildman–Crippen LogP) is 1.82. The van der Waals surface area contributed by atoms with E-state index >= 15 is 0 Å². The van der Waals surface area contributed by atoms with E-state index in [2.05, 4.69) is 10.2 Å². The summed E-state index contributed by atoms with van der Waals surface area (Å²) in [5.74, 6) is 0. The number of piperidine rings is 1. The van der Waals surface area contributed by atoms with Gasteiger partial charge in [0.1, 0.15) is 6.17 Å². The van der Waals surface area contributed by atoms with Gasteiger partial charge < -0.3 is 10.1 Å². The van der Waals surface area contributed by atoms with E-state index in [1.54, 1.807) is 0 Å². The molecule has 2 fully saturated rings. The van der Waals surface area contributed by atoms with Crippen LogP contribution in [-0.4, -0.2) is 56.0 Å². The van der Waals surface area contributed by atoms with Gasteiger partial charge in [-0.1, -0.05) is 20.8 Å². The molecule has 0 amide bonds. The lowest BCUT2D eigenvalue weighted by molar-refractivity contribution is 0.0649. The molecule has 0 radical (unpaired) electrons. The molecule has 0 bridgehead atoms. The van der Waals surface area contributed by atoms with Crippen molar-refractivity contribution in [2.45, 2.75) is 51.9 Å². The van der Waals surface area contributed by atoms with Crippen LogP contribution in [0.5, 0.6) is 0 Å². The zero-order valence-electron chi connectivity index (χ0n) is 11.4. The molecule has 1 N–H and O–H groups in total. The van der Waals surface area contributed by atoms with Gasteiger partial charge in [-0.2, -0.15) is 0 Å². The van der Waals surface area contributed by atoms with Gasteiger partial charge in [-0.05, 0) is 19.4 Å². The third-order valence-corrected chi connectivity index (χ3v) is 3.46. The Morgan fingerprint density at radius 1 is 1.35 bits per heavy atom. The number of ether oxygens (including phenoxy) is 1. The molecule has 0 aromatic rings. The van der Waals surface area contributed by atoms with Crippen LogP contribution in [0.25, 0.3) is 0 Å². The van der Waals surface area contributed by atoms with Gasteiger partial charge >= 0.3 is 0 Å². The Morgan fingerprint density at radius 3 is 2.65 bits per heavy atom. The van der Waals surface area contributed by atoms with Crippen molar-refractivity contribution in [3.05, 3.63) is 0 Å². The predicted molar refractivity (Wildman–Crippen MR) is 69.1 cm³/mol. The first kappa shape index (κ1) is 14.9. The van der Waals surface area contributed by atoms with E-state index in [4.69, 9.17) is 4.74 Å². The first-order valence-corrected chi connectivity index (χ1v) is 7.00. The van der Waals surface area contributed by atoms with Gasteiger partial charge in [0.2, 0.25) is 0 Å². The second kappa shape index (κ2) is 8.01. The van der Waals surface area contributed by atoms with Crippen LogP contribution in [-0.2, 0) is 4.74 Å². The van der Waals surface area contributed by atoms with Crippen LogP contribution >= 0.6 is 0 Å². The summed E-state index contributed by atoms with van der Waals surface area (Å²) in [5, 5.41) is 3.21. The van der Waals surface area contributed by atoms with Crippen molar-refractivity contribution < 1.29 is 9.13 Å². The number of nitrogens with zero attached hydrogens (tertiary/aromatic N) is 1. The summed E-state index contributed by atoms with van der Waals surface area (Å²) < 4.78 is 19.1. The topological polar surface area (TPSA) is 24.5 Å². The molecule has 102 valence electrons. The fraction of sp³-hybridized carbons (Fsp3) is 1.00. The minimum atomic E-state index is -0.723. The van der Waals surface area contributed by atoms with Crippen LogP contribution in [0.4, 0.5) is 4.39 Å². The Balaban J connectivity index is 0.000000686. The maximum Gasteiger partial charge on any atom is 0.128 e. The number of hydrogen-bond acceptors (Lipinski definition) is 3. The van der Waals surface area contributed by atoms with E-state index in [1.165, 1.54) is 0 Å². The Labute approximate surface area is 105 Å². The molecule has 3 nitrogen and oxygen atoms in total. The van der Waals surface area contributed by atoms with Crippen molar-refractivity contribution in [1.82, 2.24) is 10.2 Å². The highest BCUT2D eigenvalue weighted by atomic mass is 19.1. The SMILES string of the molecule is CC.CCNC1CCN(C2CCOC2)CC1F. The van der Waals surface area contributed by atoms with E-state index in [-0.39, 0.29) is 6.04 Å². The van der Waals surface area contributed by atoms with Crippen molar-refractivity contribution in [2.24, 2.45) is 0 Å². The highest BCUT2D eigenvalue weighted by Crippen LogP contribution is 2.20. The molecule has 3 atom stereocenters. The fourth-order valence-electron chi connectivity index (χ4n) is 2.56. The number of alkyl halides is 1. The Hall–Kier alpha value is -0.190. The molecule has 0 spiro atoms. The molecule has 2 saturated heterocycles. The van der Waals surface area contributed by atoms with E-state index in [0.29, 0.717) is 12.6 Å². The quantitative estimate of drug-likeness (QED) is 0.822. The molecule has 2 aliphatic rings. The van der Waals surface area contributed by atoms with Crippen molar-refractivity contribution in [3.63, 3.8) is 0 Å². The highest BCUT2D eigenvalue weighted by molar-refractivity contribution is 4.88. The van der Waals surface area contributed by atoms with Gasteiger partial charge in [0, 0.05) is 31.8 Å². The average Bonchev–Trinajstić information content (AvgIpc) is 2.88. The van der Waals surface area contributed by atoms with Gasteiger partial charge in [-0.15, -0.1) is 0 Å². The number of halogens is 1. The summed E-state index contributed by atoms with van der Waals surface area (Å²) in [6, 6.07) is 0.527. The molecule has 0 aliphatic carbocycles. The smallest absolute Gasteiger partial charge is 0.128 e. The average molecular weight is 246 g/mol. The molecular weight excluding hydrogens is 219 g/mol. The molecule has 2 rings (SSSR count).